The molecule has 1 aromatic carbocycles. The Morgan fingerprint density at radius 2 is 1.72 bits per heavy atom. The number of nitrogens with one attached hydrogen (secondary N) is 2. The van der Waals surface area contributed by atoms with E-state index in [2.05, 4.69) is 10.6 Å². The van der Waals surface area contributed by atoms with Crippen molar-refractivity contribution in [3.8, 4) is 5.75 Å². The van der Waals surface area contributed by atoms with Crippen molar-refractivity contribution in [1.82, 2.24) is 10.6 Å². The summed E-state index contributed by atoms with van der Waals surface area (Å²) >= 11 is 0. The zero-order valence-electron chi connectivity index (χ0n) is 10.6. The van der Waals surface area contributed by atoms with Gasteiger partial charge in [0.2, 0.25) is 0 Å². The number of carbonyl (C=O) groups excluding carboxylic acids is 2. The maximum atomic E-state index is 11.5. The average Bonchev–Trinajstić information content (AvgIpc) is 2.57. The SMILES string of the molecule is CC(C)(C)Oc1ccc(C2NC(=O)NC2=O)cc1. The highest BCUT2D eigenvalue weighted by Crippen LogP contribution is 2.22. The van der Waals surface area contributed by atoms with Crippen LogP contribution in [-0.4, -0.2) is 17.5 Å². The molecule has 5 heteroatoms. The predicted molar refractivity (Wildman–Crippen MR) is 66.2 cm³/mol. The number of carbonyl (C=O) groups is 2. The van der Waals surface area contributed by atoms with Crippen molar-refractivity contribution in [2.24, 2.45) is 0 Å². The van der Waals surface area contributed by atoms with Crippen molar-refractivity contribution in [2.75, 3.05) is 0 Å². The molecule has 0 bridgehead atoms. The van der Waals surface area contributed by atoms with Gasteiger partial charge in [0, 0.05) is 0 Å². The van der Waals surface area contributed by atoms with Gasteiger partial charge in [-0.1, -0.05) is 12.1 Å². The lowest BCUT2D eigenvalue weighted by Crippen LogP contribution is -2.23. The maximum absolute atomic E-state index is 11.5. The molecule has 5 nitrogen and oxygen atoms in total. The average molecular weight is 248 g/mol. The van der Waals surface area contributed by atoms with E-state index in [0.29, 0.717) is 0 Å². The first-order valence-corrected chi connectivity index (χ1v) is 5.75. The zero-order chi connectivity index (χ0) is 13.3. The Morgan fingerprint density at radius 3 is 2.17 bits per heavy atom. The highest BCUT2D eigenvalue weighted by molar-refractivity contribution is 6.04. The summed E-state index contributed by atoms with van der Waals surface area (Å²) in [5.41, 5.74) is 0.472. The van der Waals surface area contributed by atoms with Crippen LogP contribution in [0.15, 0.2) is 24.3 Å². The molecule has 2 N–H and O–H groups in total. The van der Waals surface area contributed by atoms with Gasteiger partial charge >= 0.3 is 6.03 Å². The molecule has 2 rings (SSSR count). The van der Waals surface area contributed by atoms with Gasteiger partial charge < -0.3 is 10.1 Å². The lowest BCUT2D eigenvalue weighted by molar-refractivity contribution is -0.120. The Hall–Kier alpha value is -2.04. The third-order valence-electron chi connectivity index (χ3n) is 2.41. The van der Waals surface area contributed by atoms with Crippen LogP contribution in [0.1, 0.15) is 32.4 Å². The molecule has 1 heterocycles. The van der Waals surface area contributed by atoms with Crippen molar-refractivity contribution < 1.29 is 14.3 Å². The van der Waals surface area contributed by atoms with Crippen LogP contribution in [0.5, 0.6) is 5.75 Å². The van der Waals surface area contributed by atoms with Crippen LogP contribution in [0.3, 0.4) is 0 Å². The molecule has 0 aromatic heterocycles. The molecular weight excluding hydrogens is 232 g/mol. The summed E-state index contributed by atoms with van der Waals surface area (Å²) < 4.78 is 5.68. The minimum atomic E-state index is -0.610. The van der Waals surface area contributed by atoms with E-state index in [9.17, 15) is 9.59 Å². The van der Waals surface area contributed by atoms with Crippen LogP contribution < -0.4 is 15.4 Å². The Balaban J connectivity index is 2.13. The van der Waals surface area contributed by atoms with Crippen molar-refractivity contribution in [2.45, 2.75) is 32.4 Å². The fraction of sp³-hybridized carbons (Fsp3) is 0.385. The molecular formula is C13H16N2O3. The van der Waals surface area contributed by atoms with Gasteiger partial charge in [-0.3, -0.25) is 10.1 Å². The van der Waals surface area contributed by atoms with Gasteiger partial charge in [-0.05, 0) is 38.5 Å². The number of rotatable bonds is 2. The van der Waals surface area contributed by atoms with E-state index in [1.807, 2.05) is 20.8 Å². The lowest BCUT2D eigenvalue weighted by Gasteiger charge is -2.21. The second-order valence-electron chi connectivity index (χ2n) is 5.18. The third-order valence-corrected chi connectivity index (χ3v) is 2.41. The molecule has 0 aliphatic carbocycles. The van der Waals surface area contributed by atoms with Gasteiger partial charge in [0.25, 0.3) is 5.91 Å². The first kappa shape index (κ1) is 12.4. The number of amides is 3. The van der Waals surface area contributed by atoms with Gasteiger partial charge in [0.15, 0.2) is 0 Å². The summed E-state index contributed by atoms with van der Waals surface area (Å²) in [6, 6.07) is 6.06. The van der Waals surface area contributed by atoms with E-state index in [-0.39, 0.29) is 11.5 Å². The molecule has 3 amide bonds. The summed E-state index contributed by atoms with van der Waals surface area (Å²) in [5, 5.41) is 4.75. The Kier molecular flexibility index (Phi) is 2.98. The Labute approximate surface area is 106 Å². The van der Waals surface area contributed by atoms with E-state index >= 15 is 0 Å². The van der Waals surface area contributed by atoms with Crippen molar-refractivity contribution in [3.63, 3.8) is 0 Å². The summed E-state index contributed by atoms with van der Waals surface area (Å²) in [7, 11) is 0. The Bertz CT molecular complexity index is 474. The van der Waals surface area contributed by atoms with Gasteiger partial charge in [-0.15, -0.1) is 0 Å². The predicted octanol–water partition coefficient (Wildman–Crippen LogP) is 1.74. The number of ether oxygens (including phenoxy) is 1. The zero-order valence-corrected chi connectivity index (χ0v) is 10.6. The first-order chi connectivity index (χ1) is 8.35. The standard InChI is InChI=1S/C13H16N2O3/c1-13(2,3)18-9-6-4-8(5-7-9)10-11(16)15-12(17)14-10/h4-7,10H,1-3H3,(H2,14,15,16,17). The molecule has 1 atom stereocenters. The van der Waals surface area contributed by atoms with E-state index in [1.54, 1.807) is 24.3 Å². The van der Waals surface area contributed by atoms with Crippen LogP contribution in [0.25, 0.3) is 0 Å². The highest BCUT2D eigenvalue weighted by Gasteiger charge is 2.30. The van der Waals surface area contributed by atoms with E-state index in [4.69, 9.17) is 4.74 Å². The van der Waals surface area contributed by atoms with E-state index < -0.39 is 12.1 Å². The van der Waals surface area contributed by atoms with Gasteiger partial charge in [0.05, 0.1) is 0 Å². The molecule has 1 aliphatic rings. The van der Waals surface area contributed by atoms with Crippen molar-refractivity contribution in [3.05, 3.63) is 29.8 Å². The summed E-state index contributed by atoms with van der Waals surface area (Å²) in [6.07, 6.45) is 0. The molecule has 18 heavy (non-hydrogen) atoms. The molecule has 96 valence electrons. The lowest BCUT2D eigenvalue weighted by atomic mass is 10.1. The molecule has 1 unspecified atom stereocenters. The highest BCUT2D eigenvalue weighted by atomic mass is 16.5. The monoisotopic (exact) mass is 248 g/mol. The van der Waals surface area contributed by atoms with Gasteiger partial charge in [-0.2, -0.15) is 0 Å². The second-order valence-corrected chi connectivity index (χ2v) is 5.18. The number of benzene rings is 1. The fourth-order valence-corrected chi connectivity index (χ4v) is 1.73. The second kappa shape index (κ2) is 4.33. The molecule has 0 saturated carbocycles. The fourth-order valence-electron chi connectivity index (χ4n) is 1.73. The quantitative estimate of drug-likeness (QED) is 0.783. The summed E-state index contributed by atoms with van der Waals surface area (Å²) in [6.45, 7) is 5.89. The molecule has 0 radical (unpaired) electrons. The third kappa shape index (κ3) is 2.80. The Morgan fingerprint density at radius 1 is 1.11 bits per heavy atom. The van der Waals surface area contributed by atoms with Crippen LogP contribution in [-0.2, 0) is 4.79 Å². The van der Waals surface area contributed by atoms with Crippen LogP contribution >= 0.6 is 0 Å². The normalized spacial score (nSPS) is 19.4. The molecule has 1 aliphatic heterocycles. The van der Waals surface area contributed by atoms with E-state index in [0.717, 1.165) is 11.3 Å². The smallest absolute Gasteiger partial charge is 0.322 e. The van der Waals surface area contributed by atoms with Gasteiger partial charge in [-0.25, -0.2) is 4.79 Å². The number of urea groups is 1. The maximum Gasteiger partial charge on any atom is 0.322 e. The van der Waals surface area contributed by atoms with Crippen molar-refractivity contribution in [1.29, 1.82) is 0 Å². The van der Waals surface area contributed by atoms with Crippen molar-refractivity contribution >= 4 is 11.9 Å². The minimum absolute atomic E-state index is 0.263. The first-order valence-electron chi connectivity index (χ1n) is 5.75. The van der Waals surface area contributed by atoms with E-state index in [1.165, 1.54) is 0 Å². The summed E-state index contributed by atoms with van der Waals surface area (Å²) in [5.74, 6) is 0.403. The molecule has 1 aromatic rings. The minimum Gasteiger partial charge on any atom is -0.488 e. The molecule has 1 saturated heterocycles. The summed E-state index contributed by atoms with van der Waals surface area (Å²) in [4.78, 5) is 22.5. The van der Waals surface area contributed by atoms with Crippen LogP contribution in [0.4, 0.5) is 4.79 Å². The number of hydrogen-bond acceptors (Lipinski definition) is 3. The van der Waals surface area contributed by atoms with Gasteiger partial charge in [0.1, 0.15) is 17.4 Å². The largest absolute Gasteiger partial charge is 0.488 e. The van der Waals surface area contributed by atoms with Crippen LogP contribution in [0, 0.1) is 0 Å². The number of imide groups is 1. The molecule has 1 fully saturated rings. The topological polar surface area (TPSA) is 67.4 Å². The van der Waals surface area contributed by atoms with Crippen LogP contribution in [0.2, 0.25) is 0 Å². The molecule has 0 spiro atoms. The number of hydrogen-bond donors (Lipinski definition) is 2.